The summed E-state index contributed by atoms with van der Waals surface area (Å²) in [5.41, 5.74) is 7.24. The molecule has 0 aliphatic heterocycles. The standard InChI is InChI=1S/C11H10N4O2/c1-7-13-6-10(11(12)14-7)8-2-4-9(5-3-8)15(16)17/h2-6H,1H3,(H2,12,13,14). The third-order valence-corrected chi connectivity index (χ3v) is 2.33. The molecule has 2 N–H and O–H groups in total. The van der Waals surface area contributed by atoms with Crippen molar-refractivity contribution in [3.63, 3.8) is 0 Å². The molecule has 0 spiro atoms. The van der Waals surface area contributed by atoms with Gasteiger partial charge in [-0.15, -0.1) is 0 Å². The van der Waals surface area contributed by atoms with Crippen molar-refractivity contribution in [3.8, 4) is 11.1 Å². The normalized spacial score (nSPS) is 10.2. The van der Waals surface area contributed by atoms with Crippen molar-refractivity contribution in [2.75, 3.05) is 5.73 Å². The number of nitrogen functional groups attached to an aromatic ring is 1. The minimum absolute atomic E-state index is 0.0420. The number of nitro benzene ring substituents is 1. The predicted molar refractivity (Wildman–Crippen MR) is 63.3 cm³/mol. The molecule has 0 saturated heterocycles. The van der Waals surface area contributed by atoms with Crippen molar-refractivity contribution in [3.05, 3.63) is 46.4 Å². The molecule has 2 rings (SSSR count). The molecular formula is C11H10N4O2. The smallest absolute Gasteiger partial charge is 0.269 e. The van der Waals surface area contributed by atoms with E-state index in [0.717, 1.165) is 5.56 Å². The predicted octanol–water partition coefficient (Wildman–Crippen LogP) is 1.94. The van der Waals surface area contributed by atoms with Crippen LogP contribution >= 0.6 is 0 Å². The van der Waals surface area contributed by atoms with Gasteiger partial charge in [0.05, 0.1) is 4.92 Å². The second-order valence-corrected chi connectivity index (χ2v) is 3.52. The van der Waals surface area contributed by atoms with E-state index in [1.807, 2.05) is 0 Å². The van der Waals surface area contributed by atoms with Crippen molar-refractivity contribution < 1.29 is 4.92 Å². The number of hydrogen-bond donors (Lipinski definition) is 1. The van der Waals surface area contributed by atoms with Crippen LogP contribution in [0.5, 0.6) is 0 Å². The van der Waals surface area contributed by atoms with E-state index in [4.69, 9.17) is 5.73 Å². The number of rotatable bonds is 2. The number of aromatic nitrogens is 2. The van der Waals surface area contributed by atoms with Crippen LogP contribution in [0.4, 0.5) is 11.5 Å². The lowest BCUT2D eigenvalue weighted by molar-refractivity contribution is -0.384. The summed E-state index contributed by atoms with van der Waals surface area (Å²) in [6.07, 6.45) is 1.61. The molecule has 0 aliphatic carbocycles. The van der Waals surface area contributed by atoms with Gasteiger partial charge in [-0.05, 0) is 24.6 Å². The fourth-order valence-electron chi connectivity index (χ4n) is 1.47. The lowest BCUT2D eigenvalue weighted by atomic mass is 10.1. The first kappa shape index (κ1) is 11.0. The second-order valence-electron chi connectivity index (χ2n) is 3.52. The van der Waals surface area contributed by atoms with Crippen molar-refractivity contribution in [2.45, 2.75) is 6.92 Å². The van der Waals surface area contributed by atoms with Crippen LogP contribution in [0.2, 0.25) is 0 Å². The number of hydrogen-bond acceptors (Lipinski definition) is 5. The average molecular weight is 230 g/mol. The average Bonchev–Trinajstić information content (AvgIpc) is 2.29. The van der Waals surface area contributed by atoms with E-state index >= 15 is 0 Å². The van der Waals surface area contributed by atoms with E-state index in [1.165, 1.54) is 12.1 Å². The van der Waals surface area contributed by atoms with Gasteiger partial charge in [0.25, 0.3) is 5.69 Å². The maximum atomic E-state index is 10.5. The fourth-order valence-corrected chi connectivity index (χ4v) is 1.47. The molecule has 0 amide bonds. The second kappa shape index (κ2) is 4.17. The molecule has 86 valence electrons. The van der Waals surface area contributed by atoms with Crippen LogP contribution in [0.15, 0.2) is 30.5 Å². The van der Waals surface area contributed by atoms with Crippen molar-refractivity contribution in [1.82, 2.24) is 9.97 Å². The zero-order valence-electron chi connectivity index (χ0n) is 9.12. The summed E-state index contributed by atoms with van der Waals surface area (Å²) in [5.74, 6) is 0.958. The number of non-ortho nitro benzene ring substituents is 1. The lowest BCUT2D eigenvalue weighted by Crippen LogP contribution is -1.98. The highest BCUT2D eigenvalue weighted by Crippen LogP contribution is 2.25. The zero-order chi connectivity index (χ0) is 12.4. The van der Waals surface area contributed by atoms with Crippen molar-refractivity contribution in [1.29, 1.82) is 0 Å². The third kappa shape index (κ3) is 2.20. The minimum Gasteiger partial charge on any atom is -0.383 e. The van der Waals surface area contributed by atoms with Gasteiger partial charge in [-0.2, -0.15) is 0 Å². The van der Waals surface area contributed by atoms with E-state index < -0.39 is 4.92 Å². The van der Waals surface area contributed by atoms with E-state index in [-0.39, 0.29) is 5.69 Å². The number of nitrogens with two attached hydrogens (primary N) is 1. The van der Waals surface area contributed by atoms with E-state index in [2.05, 4.69) is 9.97 Å². The number of anilines is 1. The van der Waals surface area contributed by atoms with E-state index in [9.17, 15) is 10.1 Å². The highest BCUT2D eigenvalue weighted by Gasteiger charge is 2.08. The molecule has 0 atom stereocenters. The van der Waals surface area contributed by atoms with Gasteiger partial charge in [-0.1, -0.05) is 0 Å². The molecule has 6 heteroatoms. The van der Waals surface area contributed by atoms with Gasteiger partial charge in [0.2, 0.25) is 0 Å². The first-order valence-electron chi connectivity index (χ1n) is 4.92. The van der Waals surface area contributed by atoms with Crippen LogP contribution in [-0.2, 0) is 0 Å². The zero-order valence-corrected chi connectivity index (χ0v) is 9.12. The maximum Gasteiger partial charge on any atom is 0.269 e. The number of nitrogens with zero attached hydrogens (tertiary/aromatic N) is 3. The Balaban J connectivity index is 2.43. The van der Waals surface area contributed by atoms with Gasteiger partial charge in [0.1, 0.15) is 11.6 Å². The first-order valence-corrected chi connectivity index (χ1v) is 4.92. The lowest BCUT2D eigenvalue weighted by Gasteiger charge is -2.04. The molecular weight excluding hydrogens is 220 g/mol. The first-order chi connectivity index (χ1) is 8.08. The van der Waals surface area contributed by atoms with Crippen LogP contribution in [0.3, 0.4) is 0 Å². The van der Waals surface area contributed by atoms with Gasteiger partial charge in [0.15, 0.2) is 0 Å². The van der Waals surface area contributed by atoms with Gasteiger partial charge < -0.3 is 5.73 Å². The summed E-state index contributed by atoms with van der Waals surface area (Å²) in [4.78, 5) is 18.2. The van der Waals surface area contributed by atoms with Crippen LogP contribution in [0.1, 0.15) is 5.82 Å². The van der Waals surface area contributed by atoms with Crippen molar-refractivity contribution in [2.24, 2.45) is 0 Å². The Kier molecular flexibility index (Phi) is 2.70. The monoisotopic (exact) mass is 230 g/mol. The van der Waals surface area contributed by atoms with Gasteiger partial charge in [-0.3, -0.25) is 10.1 Å². The number of nitro groups is 1. The molecule has 0 aliphatic rings. The molecule has 1 heterocycles. The molecule has 17 heavy (non-hydrogen) atoms. The quantitative estimate of drug-likeness (QED) is 0.628. The summed E-state index contributed by atoms with van der Waals surface area (Å²) < 4.78 is 0. The topological polar surface area (TPSA) is 94.9 Å². The van der Waals surface area contributed by atoms with E-state index in [0.29, 0.717) is 17.2 Å². The summed E-state index contributed by atoms with van der Waals surface area (Å²) in [5, 5.41) is 10.5. The Morgan fingerprint density at radius 3 is 2.47 bits per heavy atom. The van der Waals surface area contributed by atoms with Gasteiger partial charge in [-0.25, -0.2) is 9.97 Å². The summed E-state index contributed by atoms with van der Waals surface area (Å²) in [7, 11) is 0. The Morgan fingerprint density at radius 1 is 1.29 bits per heavy atom. The molecule has 0 fully saturated rings. The van der Waals surface area contributed by atoms with Crippen LogP contribution in [0.25, 0.3) is 11.1 Å². The summed E-state index contributed by atoms with van der Waals surface area (Å²) in [6.45, 7) is 1.75. The van der Waals surface area contributed by atoms with Gasteiger partial charge >= 0.3 is 0 Å². The maximum absolute atomic E-state index is 10.5. The molecule has 0 radical (unpaired) electrons. The summed E-state index contributed by atoms with van der Waals surface area (Å²) in [6, 6.07) is 6.11. The fraction of sp³-hybridized carbons (Fsp3) is 0.0909. The van der Waals surface area contributed by atoms with Crippen LogP contribution < -0.4 is 5.73 Å². The highest BCUT2D eigenvalue weighted by atomic mass is 16.6. The summed E-state index contributed by atoms with van der Waals surface area (Å²) >= 11 is 0. The van der Waals surface area contributed by atoms with Crippen LogP contribution in [0, 0.1) is 17.0 Å². The van der Waals surface area contributed by atoms with Gasteiger partial charge in [0, 0.05) is 23.9 Å². The Morgan fingerprint density at radius 2 is 1.94 bits per heavy atom. The Labute approximate surface area is 97.3 Å². The van der Waals surface area contributed by atoms with Crippen LogP contribution in [-0.4, -0.2) is 14.9 Å². The number of benzene rings is 1. The molecule has 1 aromatic carbocycles. The molecule has 6 nitrogen and oxygen atoms in total. The Hall–Kier alpha value is -2.50. The molecule has 0 bridgehead atoms. The highest BCUT2D eigenvalue weighted by molar-refractivity contribution is 5.73. The molecule has 1 aromatic heterocycles. The largest absolute Gasteiger partial charge is 0.383 e. The Bertz CT molecular complexity index is 566. The third-order valence-electron chi connectivity index (χ3n) is 2.33. The van der Waals surface area contributed by atoms with E-state index in [1.54, 1.807) is 25.3 Å². The molecule has 0 saturated carbocycles. The minimum atomic E-state index is -0.446. The molecule has 0 unspecified atom stereocenters. The molecule has 2 aromatic rings. The number of aryl methyl sites for hydroxylation is 1. The SMILES string of the molecule is Cc1ncc(-c2ccc([N+](=O)[O-])cc2)c(N)n1. The van der Waals surface area contributed by atoms with Crippen molar-refractivity contribution >= 4 is 11.5 Å².